The highest BCUT2D eigenvalue weighted by molar-refractivity contribution is 5.76. The van der Waals surface area contributed by atoms with Crippen LogP contribution in [0, 0.1) is 0 Å². The number of hydrogen-bond acceptors (Lipinski definition) is 8. The van der Waals surface area contributed by atoms with E-state index in [2.05, 4.69) is 19.2 Å². The van der Waals surface area contributed by atoms with Crippen molar-refractivity contribution in [1.29, 1.82) is 0 Å². The number of amides is 1. The highest BCUT2D eigenvalue weighted by Gasteiger charge is 2.44. The van der Waals surface area contributed by atoms with Crippen LogP contribution in [-0.4, -0.2) is 87.5 Å². The number of nitrogens with one attached hydrogen (secondary N) is 1. The normalized spacial score (nSPS) is 19.2. The molecule has 9 nitrogen and oxygen atoms in total. The van der Waals surface area contributed by atoms with Crippen LogP contribution in [0.25, 0.3) is 0 Å². The van der Waals surface area contributed by atoms with Gasteiger partial charge in [-0.3, -0.25) is 4.79 Å². The molecule has 1 aliphatic rings. The third kappa shape index (κ3) is 40.6. The number of aliphatic hydroxyl groups is 5. The first-order chi connectivity index (χ1) is 34.3. The van der Waals surface area contributed by atoms with Gasteiger partial charge in [0, 0.05) is 6.42 Å². The van der Waals surface area contributed by atoms with Crippen molar-refractivity contribution in [2.45, 2.75) is 371 Å². The molecule has 0 saturated carbocycles. The molecule has 0 aliphatic carbocycles. The van der Waals surface area contributed by atoms with E-state index in [1.807, 2.05) is 0 Å². The van der Waals surface area contributed by atoms with E-state index < -0.39 is 49.5 Å². The standard InChI is InChI=1S/C61H121NO8/c1-3-5-7-9-11-13-15-17-19-20-21-22-23-24-25-26-27-28-29-30-31-32-33-34-35-37-39-41-43-45-47-49-51-57(65)62-54(53-69-61-60(68)59(67)58(66)56(52-63)70-61)55(64)50-48-46-44-42-40-38-36-18-16-14-12-10-8-6-4-2/h54-56,58-61,63-64,66-68H,3-53H2,1-2H3,(H,62,65)/t54-,55+,56+,58-,59?,60?,61+/m0/s1. The van der Waals surface area contributed by atoms with Crippen LogP contribution in [0.3, 0.4) is 0 Å². The summed E-state index contributed by atoms with van der Waals surface area (Å²) in [5.41, 5.74) is 0. The minimum absolute atomic E-state index is 0.131. The van der Waals surface area contributed by atoms with Gasteiger partial charge in [0.2, 0.25) is 5.91 Å². The average Bonchev–Trinajstić information content (AvgIpc) is 3.36. The number of hydrogen-bond donors (Lipinski definition) is 6. The Labute approximate surface area is 434 Å². The summed E-state index contributed by atoms with van der Waals surface area (Å²) in [7, 11) is 0. The molecule has 6 N–H and O–H groups in total. The van der Waals surface area contributed by atoms with Gasteiger partial charge in [0.05, 0.1) is 25.4 Å². The first-order valence-corrected chi connectivity index (χ1v) is 31.2. The van der Waals surface area contributed by atoms with Crippen LogP contribution in [-0.2, 0) is 14.3 Å². The number of carbonyl (C=O) groups excluding carboxylic acids is 1. The molecule has 9 heteroatoms. The van der Waals surface area contributed by atoms with Gasteiger partial charge in [-0.05, 0) is 12.8 Å². The van der Waals surface area contributed by atoms with Crippen molar-refractivity contribution in [2.75, 3.05) is 13.2 Å². The first kappa shape index (κ1) is 67.2. The fraction of sp³-hybridized carbons (Fsp3) is 0.984. The van der Waals surface area contributed by atoms with Crippen LogP contribution in [0.15, 0.2) is 0 Å². The fourth-order valence-electron chi connectivity index (χ4n) is 10.5. The lowest BCUT2D eigenvalue weighted by molar-refractivity contribution is -0.302. The van der Waals surface area contributed by atoms with E-state index in [1.54, 1.807) is 0 Å². The lowest BCUT2D eigenvalue weighted by Crippen LogP contribution is -2.60. The molecule has 0 bridgehead atoms. The molecule has 418 valence electrons. The van der Waals surface area contributed by atoms with Gasteiger partial charge in [-0.1, -0.05) is 309 Å². The highest BCUT2D eigenvalue weighted by Crippen LogP contribution is 2.24. The zero-order valence-electron chi connectivity index (χ0n) is 46.6. The van der Waals surface area contributed by atoms with Crippen molar-refractivity contribution in [3.8, 4) is 0 Å². The summed E-state index contributed by atoms with van der Waals surface area (Å²) in [6, 6.07) is -0.713. The summed E-state index contributed by atoms with van der Waals surface area (Å²) >= 11 is 0. The third-order valence-corrected chi connectivity index (χ3v) is 15.5. The van der Waals surface area contributed by atoms with E-state index in [0.717, 1.165) is 38.5 Å². The monoisotopic (exact) mass is 996 g/mol. The molecule has 0 spiro atoms. The number of rotatable bonds is 55. The predicted molar refractivity (Wildman–Crippen MR) is 295 cm³/mol. The Morgan fingerprint density at radius 3 is 1.01 bits per heavy atom. The summed E-state index contributed by atoms with van der Waals surface area (Å²) in [5, 5.41) is 54.7. The van der Waals surface area contributed by atoms with Gasteiger partial charge >= 0.3 is 0 Å². The van der Waals surface area contributed by atoms with Crippen molar-refractivity contribution in [2.24, 2.45) is 0 Å². The van der Waals surface area contributed by atoms with Crippen LogP contribution in [0.2, 0.25) is 0 Å². The van der Waals surface area contributed by atoms with Crippen molar-refractivity contribution in [1.82, 2.24) is 5.32 Å². The zero-order valence-corrected chi connectivity index (χ0v) is 46.6. The van der Waals surface area contributed by atoms with Crippen molar-refractivity contribution in [3.63, 3.8) is 0 Å². The second-order valence-corrected chi connectivity index (χ2v) is 22.2. The first-order valence-electron chi connectivity index (χ1n) is 31.2. The van der Waals surface area contributed by atoms with Crippen molar-refractivity contribution in [3.05, 3.63) is 0 Å². The van der Waals surface area contributed by atoms with Gasteiger partial charge < -0.3 is 40.3 Å². The van der Waals surface area contributed by atoms with E-state index in [4.69, 9.17) is 9.47 Å². The molecule has 0 aromatic rings. The summed E-state index contributed by atoms with van der Waals surface area (Å²) < 4.78 is 11.3. The molecular formula is C61H121NO8. The van der Waals surface area contributed by atoms with Crippen LogP contribution >= 0.6 is 0 Å². The molecule has 1 saturated heterocycles. The Bertz CT molecular complexity index is 1060. The number of aliphatic hydroxyl groups excluding tert-OH is 5. The maximum absolute atomic E-state index is 13.1. The molecule has 0 radical (unpaired) electrons. The highest BCUT2D eigenvalue weighted by atomic mass is 16.7. The van der Waals surface area contributed by atoms with E-state index in [0.29, 0.717) is 12.8 Å². The summed E-state index contributed by atoms with van der Waals surface area (Å²) in [6.45, 7) is 3.88. The summed E-state index contributed by atoms with van der Waals surface area (Å²) in [5.74, 6) is -0.136. The molecule has 1 fully saturated rings. The number of unbranched alkanes of at least 4 members (excludes halogenated alkanes) is 45. The fourth-order valence-corrected chi connectivity index (χ4v) is 10.5. The minimum atomic E-state index is -1.55. The molecule has 1 amide bonds. The lowest BCUT2D eigenvalue weighted by atomic mass is 9.99. The molecule has 2 unspecified atom stereocenters. The van der Waals surface area contributed by atoms with Gasteiger partial charge in [-0.2, -0.15) is 0 Å². The van der Waals surface area contributed by atoms with Gasteiger partial charge in [0.1, 0.15) is 24.4 Å². The van der Waals surface area contributed by atoms with Gasteiger partial charge in [-0.25, -0.2) is 0 Å². The molecule has 1 rings (SSSR count). The van der Waals surface area contributed by atoms with Crippen molar-refractivity contribution >= 4 is 5.91 Å². The largest absolute Gasteiger partial charge is 0.394 e. The van der Waals surface area contributed by atoms with E-state index in [9.17, 15) is 30.3 Å². The van der Waals surface area contributed by atoms with Gasteiger partial charge in [0.25, 0.3) is 0 Å². The predicted octanol–water partition coefficient (Wildman–Crippen LogP) is 15.8. The topological polar surface area (TPSA) is 149 Å². The molecule has 0 aromatic heterocycles. The number of carbonyl (C=O) groups is 1. The Kier molecular flexibility index (Phi) is 49.6. The van der Waals surface area contributed by atoms with E-state index >= 15 is 0 Å². The SMILES string of the molecule is CCCCCCCCCCCCCCCCCCCCCCCCCCCCCCCCCCC(=O)N[C@@H](CO[C@@H]1O[C@H](CO)[C@H](O)C(O)C1O)[C@H](O)CCCCCCCCCCCCCCCCC. The maximum atomic E-state index is 13.1. The molecule has 0 aromatic carbocycles. The lowest BCUT2D eigenvalue weighted by Gasteiger charge is -2.40. The Balaban J connectivity index is 2.08. The smallest absolute Gasteiger partial charge is 0.220 e. The second-order valence-electron chi connectivity index (χ2n) is 22.2. The molecule has 1 heterocycles. The summed E-state index contributed by atoms with van der Waals surface area (Å²) in [6.07, 6.45) is 55.9. The third-order valence-electron chi connectivity index (χ3n) is 15.5. The van der Waals surface area contributed by atoms with Gasteiger partial charge in [0.15, 0.2) is 6.29 Å². The Hall–Kier alpha value is -0.810. The van der Waals surface area contributed by atoms with E-state index in [1.165, 1.54) is 263 Å². The van der Waals surface area contributed by atoms with Crippen LogP contribution in [0.1, 0.15) is 328 Å². The minimum Gasteiger partial charge on any atom is -0.394 e. The maximum Gasteiger partial charge on any atom is 0.220 e. The quantitative estimate of drug-likeness (QED) is 0.0330. The number of ether oxygens (including phenoxy) is 2. The van der Waals surface area contributed by atoms with Crippen LogP contribution in [0.5, 0.6) is 0 Å². The van der Waals surface area contributed by atoms with Crippen LogP contribution in [0.4, 0.5) is 0 Å². The second kappa shape index (κ2) is 51.7. The molecule has 7 atom stereocenters. The molecule has 1 aliphatic heterocycles. The zero-order chi connectivity index (χ0) is 50.8. The molecule has 70 heavy (non-hydrogen) atoms. The van der Waals surface area contributed by atoms with E-state index in [-0.39, 0.29) is 12.5 Å². The summed E-state index contributed by atoms with van der Waals surface area (Å²) in [4.78, 5) is 13.1. The Morgan fingerprint density at radius 2 is 0.714 bits per heavy atom. The average molecular weight is 997 g/mol. The Morgan fingerprint density at radius 1 is 0.429 bits per heavy atom. The van der Waals surface area contributed by atoms with Crippen molar-refractivity contribution < 1.29 is 39.8 Å². The van der Waals surface area contributed by atoms with Crippen LogP contribution < -0.4 is 5.32 Å². The van der Waals surface area contributed by atoms with Gasteiger partial charge in [-0.15, -0.1) is 0 Å². The molecular weight excluding hydrogens is 875 g/mol.